The summed E-state index contributed by atoms with van der Waals surface area (Å²) < 4.78 is 5.39. The first-order valence-corrected chi connectivity index (χ1v) is 7.55. The standard InChI is InChI=1S/C17H20N2O2/c1-3-19(13-7-5-4-6-8-13)17(20)16-14-11-12(2)9-10-15(14)21-18-16/h4-8,12H,3,9-11H2,1-2H3. The highest BCUT2D eigenvalue weighted by Crippen LogP contribution is 2.29. The Balaban J connectivity index is 1.93. The van der Waals surface area contributed by atoms with Gasteiger partial charge in [-0.1, -0.05) is 30.3 Å². The number of hydrogen-bond acceptors (Lipinski definition) is 3. The number of fused-ring (bicyclic) bond motifs is 1. The molecule has 1 aliphatic carbocycles. The maximum atomic E-state index is 12.8. The third-order valence-electron chi connectivity index (χ3n) is 4.12. The van der Waals surface area contributed by atoms with Crippen molar-refractivity contribution in [3.8, 4) is 0 Å². The molecule has 1 atom stereocenters. The maximum Gasteiger partial charge on any atom is 0.280 e. The second kappa shape index (κ2) is 5.72. The van der Waals surface area contributed by atoms with Gasteiger partial charge in [-0.2, -0.15) is 0 Å². The fraction of sp³-hybridized carbons (Fsp3) is 0.412. The molecular formula is C17H20N2O2. The zero-order chi connectivity index (χ0) is 14.8. The first-order valence-electron chi connectivity index (χ1n) is 7.55. The normalized spacial score (nSPS) is 17.3. The van der Waals surface area contributed by atoms with E-state index in [0.717, 1.165) is 36.3 Å². The Morgan fingerprint density at radius 1 is 1.38 bits per heavy atom. The van der Waals surface area contributed by atoms with Gasteiger partial charge in [0.2, 0.25) is 0 Å². The molecule has 21 heavy (non-hydrogen) atoms. The molecule has 0 bridgehead atoms. The van der Waals surface area contributed by atoms with Gasteiger partial charge in [-0.05, 0) is 37.8 Å². The Kier molecular flexibility index (Phi) is 3.78. The van der Waals surface area contributed by atoms with Crippen molar-refractivity contribution in [3.63, 3.8) is 0 Å². The van der Waals surface area contributed by atoms with Gasteiger partial charge in [-0.15, -0.1) is 0 Å². The first kappa shape index (κ1) is 13.9. The van der Waals surface area contributed by atoms with E-state index in [4.69, 9.17) is 4.52 Å². The molecule has 1 aromatic heterocycles. The van der Waals surface area contributed by atoms with Crippen LogP contribution in [0.5, 0.6) is 0 Å². The largest absolute Gasteiger partial charge is 0.360 e. The lowest BCUT2D eigenvalue weighted by Gasteiger charge is -2.21. The van der Waals surface area contributed by atoms with Gasteiger partial charge in [0.05, 0.1) is 0 Å². The number of carbonyl (C=O) groups is 1. The lowest BCUT2D eigenvalue weighted by atomic mass is 9.88. The fourth-order valence-electron chi connectivity index (χ4n) is 2.93. The summed E-state index contributed by atoms with van der Waals surface area (Å²) in [5, 5.41) is 4.06. The number of benzene rings is 1. The molecule has 1 aromatic carbocycles. The summed E-state index contributed by atoms with van der Waals surface area (Å²) in [5.41, 5.74) is 2.39. The number of carbonyl (C=O) groups excluding carboxylic acids is 1. The van der Waals surface area contributed by atoms with E-state index in [0.29, 0.717) is 18.2 Å². The molecule has 4 nitrogen and oxygen atoms in total. The van der Waals surface area contributed by atoms with Crippen LogP contribution < -0.4 is 4.90 Å². The van der Waals surface area contributed by atoms with Gasteiger partial charge < -0.3 is 9.42 Å². The lowest BCUT2D eigenvalue weighted by molar-refractivity contribution is 0.0978. The van der Waals surface area contributed by atoms with Crippen molar-refractivity contribution in [1.29, 1.82) is 0 Å². The summed E-state index contributed by atoms with van der Waals surface area (Å²) in [6.07, 6.45) is 2.87. The van der Waals surface area contributed by atoms with Crippen LogP contribution in [0.3, 0.4) is 0 Å². The number of hydrogen-bond donors (Lipinski definition) is 0. The second-order valence-electron chi connectivity index (χ2n) is 5.67. The number of aryl methyl sites for hydroxylation is 1. The average molecular weight is 284 g/mol. The first-order chi connectivity index (χ1) is 10.2. The molecule has 0 radical (unpaired) electrons. The van der Waals surface area contributed by atoms with Crippen LogP contribution >= 0.6 is 0 Å². The van der Waals surface area contributed by atoms with Crippen LogP contribution in [-0.4, -0.2) is 17.6 Å². The highest BCUT2D eigenvalue weighted by molar-refractivity contribution is 6.05. The number of anilines is 1. The number of amides is 1. The Labute approximate surface area is 124 Å². The van der Waals surface area contributed by atoms with Gasteiger partial charge >= 0.3 is 0 Å². The molecule has 1 amide bonds. The molecule has 1 heterocycles. The van der Waals surface area contributed by atoms with Gasteiger partial charge in [-0.25, -0.2) is 0 Å². The van der Waals surface area contributed by atoms with Crippen LogP contribution in [0.1, 0.15) is 42.1 Å². The predicted octanol–water partition coefficient (Wildman–Crippen LogP) is 3.47. The van der Waals surface area contributed by atoms with Crippen molar-refractivity contribution >= 4 is 11.6 Å². The van der Waals surface area contributed by atoms with Gasteiger partial charge in [0.1, 0.15) is 5.76 Å². The third-order valence-corrected chi connectivity index (χ3v) is 4.12. The van der Waals surface area contributed by atoms with Crippen LogP contribution in [-0.2, 0) is 12.8 Å². The number of nitrogens with zero attached hydrogens (tertiary/aromatic N) is 2. The van der Waals surface area contributed by atoms with Crippen LogP contribution in [0.25, 0.3) is 0 Å². The molecule has 0 saturated heterocycles. The monoisotopic (exact) mass is 284 g/mol. The van der Waals surface area contributed by atoms with Crippen molar-refractivity contribution in [3.05, 3.63) is 47.3 Å². The van der Waals surface area contributed by atoms with E-state index in [1.165, 1.54) is 0 Å². The van der Waals surface area contributed by atoms with E-state index in [1.54, 1.807) is 4.90 Å². The van der Waals surface area contributed by atoms with Gasteiger partial charge in [0, 0.05) is 24.2 Å². The fourth-order valence-corrected chi connectivity index (χ4v) is 2.93. The predicted molar refractivity (Wildman–Crippen MR) is 81.5 cm³/mol. The minimum atomic E-state index is -0.0669. The van der Waals surface area contributed by atoms with Crippen LogP contribution in [0, 0.1) is 5.92 Å². The maximum absolute atomic E-state index is 12.8. The molecule has 0 fully saturated rings. The Hall–Kier alpha value is -2.10. The third kappa shape index (κ3) is 2.58. The van der Waals surface area contributed by atoms with Crippen molar-refractivity contribution < 1.29 is 9.32 Å². The van der Waals surface area contributed by atoms with E-state index in [-0.39, 0.29) is 5.91 Å². The van der Waals surface area contributed by atoms with E-state index >= 15 is 0 Å². The van der Waals surface area contributed by atoms with Crippen molar-refractivity contribution in [2.75, 3.05) is 11.4 Å². The van der Waals surface area contributed by atoms with E-state index in [9.17, 15) is 4.79 Å². The molecule has 0 saturated carbocycles. The lowest BCUT2D eigenvalue weighted by Crippen LogP contribution is -2.32. The molecule has 2 aromatic rings. The number of aromatic nitrogens is 1. The summed E-state index contributed by atoms with van der Waals surface area (Å²) in [6, 6.07) is 9.70. The number of para-hydroxylation sites is 1. The molecule has 3 rings (SSSR count). The smallest absolute Gasteiger partial charge is 0.280 e. The van der Waals surface area contributed by atoms with E-state index in [1.807, 2.05) is 37.3 Å². The summed E-state index contributed by atoms with van der Waals surface area (Å²) in [4.78, 5) is 14.6. The van der Waals surface area contributed by atoms with Crippen LogP contribution in [0.15, 0.2) is 34.9 Å². The zero-order valence-electron chi connectivity index (χ0n) is 12.5. The Morgan fingerprint density at radius 2 is 2.14 bits per heavy atom. The molecule has 0 N–H and O–H groups in total. The minimum Gasteiger partial charge on any atom is -0.360 e. The molecular weight excluding hydrogens is 264 g/mol. The quantitative estimate of drug-likeness (QED) is 0.867. The Bertz CT molecular complexity index is 633. The Morgan fingerprint density at radius 3 is 2.86 bits per heavy atom. The van der Waals surface area contributed by atoms with E-state index < -0.39 is 0 Å². The molecule has 110 valence electrons. The van der Waals surface area contributed by atoms with Gasteiger partial charge in [-0.3, -0.25) is 4.79 Å². The summed E-state index contributed by atoms with van der Waals surface area (Å²) >= 11 is 0. The molecule has 0 spiro atoms. The topological polar surface area (TPSA) is 46.3 Å². The van der Waals surface area contributed by atoms with Crippen molar-refractivity contribution in [1.82, 2.24) is 5.16 Å². The highest BCUT2D eigenvalue weighted by atomic mass is 16.5. The summed E-state index contributed by atoms with van der Waals surface area (Å²) in [6.45, 7) is 4.79. The number of rotatable bonds is 3. The van der Waals surface area contributed by atoms with Crippen LogP contribution in [0.2, 0.25) is 0 Å². The van der Waals surface area contributed by atoms with Gasteiger partial charge in [0.15, 0.2) is 5.69 Å². The minimum absolute atomic E-state index is 0.0669. The summed E-state index contributed by atoms with van der Waals surface area (Å²) in [7, 11) is 0. The average Bonchev–Trinajstić information content (AvgIpc) is 2.92. The van der Waals surface area contributed by atoms with Crippen LogP contribution in [0.4, 0.5) is 5.69 Å². The highest BCUT2D eigenvalue weighted by Gasteiger charge is 2.29. The zero-order valence-corrected chi connectivity index (χ0v) is 12.5. The second-order valence-corrected chi connectivity index (χ2v) is 5.67. The van der Waals surface area contributed by atoms with Crippen molar-refractivity contribution in [2.24, 2.45) is 5.92 Å². The van der Waals surface area contributed by atoms with Gasteiger partial charge in [0.25, 0.3) is 5.91 Å². The SMILES string of the molecule is CCN(C(=O)c1noc2c1CC(C)CC2)c1ccccc1. The summed E-state index contributed by atoms with van der Waals surface area (Å²) in [5.74, 6) is 1.40. The molecule has 1 aliphatic rings. The van der Waals surface area contributed by atoms with E-state index in [2.05, 4.69) is 12.1 Å². The molecule has 0 aliphatic heterocycles. The molecule has 1 unspecified atom stereocenters. The molecule has 4 heteroatoms. The van der Waals surface area contributed by atoms with Crippen molar-refractivity contribution in [2.45, 2.75) is 33.1 Å².